The Kier molecular flexibility index (Phi) is 5.74. The third-order valence-electron chi connectivity index (χ3n) is 4.95. The van der Waals surface area contributed by atoms with Crippen LogP contribution in [0, 0.1) is 16.7 Å². The van der Waals surface area contributed by atoms with Crippen molar-refractivity contribution >= 4 is 23.1 Å². The minimum absolute atomic E-state index is 0.141. The van der Waals surface area contributed by atoms with Crippen LogP contribution in [-0.4, -0.2) is 33.8 Å². The summed E-state index contributed by atoms with van der Waals surface area (Å²) >= 11 is 1.73. The summed E-state index contributed by atoms with van der Waals surface area (Å²) in [6.45, 7) is 4.90. The van der Waals surface area contributed by atoms with E-state index in [0.29, 0.717) is 17.3 Å². The van der Waals surface area contributed by atoms with Crippen molar-refractivity contribution in [2.24, 2.45) is 5.41 Å². The maximum absolute atomic E-state index is 10.1. The van der Waals surface area contributed by atoms with Gasteiger partial charge >= 0.3 is 0 Å². The molecule has 0 saturated heterocycles. The Morgan fingerprint density at radius 1 is 1.42 bits per heavy atom. The molecule has 138 valence electrons. The average Bonchev–Trinajstić information content (AvgIpc) is 3.12. The summed E-state index contributed by atoms with van der Waals surface area (Å²) in [4.78, 5) is 10.1. The van der Waals surface area contributed by atoms with E-state index in [1.54, 1.807) is 17.5 Å². The van der Waals surface area contributed by atoms with E-state index in [-0.39, 0.29) is 17.6 Å². The van der Waals surface area contributed by atoms with Gasteiger partial charge in [0.2, 0.25) is 5.95 Å². The fraction of sp³-hybridized carbons (Fsp3) is 0.526. The van der Waals surface area contributed by atoms with Crippen LogP contribution in [0.3, 0.4) is 0 Å². The van der Waals surface area contributed by atoms with Crippen LogP contribution in [0.2, 0.25) is 0 Å². The van der Waals surface area contributed by atoms with Gasteiger partial charge in [0.1, 0.15) is 17.5 Å². The molecule has 2 atom stereocenters. The number of hydrogen-bond acceptors (Lipinski definition) is 7. The van der Waals surface area contributed by atoms with Crippen LogP contribution >= 0.6 is 11.3 Å². The normalized spacial score (nSPS) is 21.8. The number of nitrogens with zero attached hydrogens (tertiary/aromatic N) is 3. The number of hydrogen-bond donors (Lipinski definition) is 3. The Hall–Kier alpha value is -2.17. The summed E-state index contributed by atoms with van der Waals surface area (Å²) in [5.41, 5.74) is 0.301. The summed E-state index contributed by atoms with van der Waals surface area (Å²) in [6, 6.07) is 6.50. The molecule has 3 rings (SSSR count). The van der Waals surface area contributed by atoms with Crippen LogP contribution in [0.25, 0.3) is 0 Å². The highest BCUT2D eigenvalue weighted by atomic mass is 32.1. The minimum Gasteiger partial charge on any atom is -0.393 e. The Morgan fingerprint density at radius 3 is 2.96 bits per heavy atom. The molecule has 0 amide bonds. The van der Waals surface area contributed by atoms with Crippen LogP contribution in [0.1, 0.15) is 43.6 Å². The van der Waals surface area contributed by atoms with Gasteiger partial charge in [-0.2, -0.15) is 10.2 Å². The number of nitrogens with one attached hydrogen (secondary N) is 2. The zero-order valence-corrected chi connectivity index (χ0v) is 16.0. The van der Waals surface area contributed by atoms with Crippen molar-refractivity contribution in [2.75, 3.05) is 17.2 Å². The van der Waals surface area contributed by atoms with E-state index in [9.17, 15) is 10.4 Å². The van der Waals surface area contributed by atoms with Crippen LogP contribution in [0.4, 0.5) is 11.8 Å². The van der Waals surface area contributed by atoms with Crippen LogP contribution in [0.5, 0.6) is 0 Å². The van der Waals surface area contributed by atoms with Crippen molar-refractivity contribution in [3.05, 3.63) is 34.2 Å². The zero-order chi connectivity index (χ0) is 18.6. The van der Waals surface area contributed by atoms with E-state index in [4.69, 9.17) is 0 Å². The van der Waals surface area contributed by atoms with Gasteiger partial charge in [-0.1, -0.05) is 19.9 Å². The predicted octanol–water partition coefficient (Wildman–Crippen LogP) is 3.42. The van der Waals surface area contributed by atoms with Crippen molar-refractivity contribution in [1.29, 1.82) is 5.26 Å². The third-order valence-corrected chi connectivity index (χ3v) is 5.88. The maximum Gasteiger partial charge on any atom is 0.224 e. The smallest absolute Gasteiger partial charge is 0.224 e. The summed E-state index contributed by atoms with van der Waals surface area (Å²) in [7, 11) is 0. The molecule has 0 unspecified atom stereocenters. The Labute approximate surface area is 158 Å². The summed E-state index contributed by atoms with van der Waals surface area (Å²) in [5.74, 6) is 1.09. The van der Waals surface area contributed by atoms with E-state index in [1.807, 2.05) is 6.07 Å². The lowest BCUT2D eigenvalue weighted by molar-refractivity contribution is 0.00926. The van der Waals surface area contributed by atoms with Gasteiger partial charge in [0, 0.05) is 17.5 Å². The number of aromatic nitrogens is 2. The molecule has 1 aliphatic rings. The molecule has 1 saturated carbocycles. The number of rotatable bonds is 6. The highest BCUT2D eigenvalue weighted by Gasteiger charge is 2.35. The molecule has 0 bridgehead atoms. The molecule has 26 heavy (non-hydrogen) atoms. The predicted molar refractivity (Wildman–Crippen MR) is 104 cm³/mol. The fourth-order valence-electron chi connectivity index (χ4n) is 3.35. The highest BCUT2D eigenvalue weighted by Crippen LogP contribution is 2.36. The number of nitriles is 1. The molecular formula is C19H25N5OS. The number of anilines is 2. The summed E-state index contributed by atoms with van der Waals surface area (Å²) in [6.07, 6.45) is 4.65. The van der Waals surface area contributed by atoms with Crippen LogP contribution < -0.4 is 10.6 Å². The lowest BCUT2D eigenvalue weighted by atomic mass is 9.73. The quantitative estimate of drug-likeness (QED) is 0.720. The summed E-state index contributed by atoms with van der Waals surface area (Å²) < 4.78 is 0. The van der Waals surface area contributed by atoms with Gasteiger partial charge in [-0.15, -0.1) is 11.3 Å². The van der Waals surface area contributed by atoms with Gasteiger partial charge in [0.15, 0.2) is 0 Å². The van der Waals surface area contributed by atoms with Crippen molar-refractivity contribution in [3.8, 4) is 6.07 Å². The third kappa shape index (κ3) is 4.51. The average molecular weight is 372 g/mol. The van der Waals surface area contributed by atoms with Crippen molar-refractivity contribution in [3.63, 3.8) is 0 Å². The topological polar surface area (TPSA) is 93.9 Å². The first-order chi connectivity index (χ1) is 12.5. The Morgan fingerprint density at radius 2 is 2.27 bits per heavy atom. The van der Waals surface area contributed by atoms with Gasteiger partial charge in [0.05, 0.1) is 12.3 Å². The molecule has 2 aromatic rings. The molecule has 2 heterocycles. The van der Waals surface area contributed by atoms with Gasteiger partial charge in [-0.05, 0) is 42.5 Å². The first-order valence-corrected chi connectivity index (χ1v) is 9.84. The minimum atomic E-state index is -0.282. The first-order valence-electron chi connectivity index (χ1n) is 8.96. The van der Waals surface area contributed by atoms with Gasteiger partial charge < -0.3 is 15.7 Å². The Balaban J connectivity index is 1.65. The van der Waals surface area contributed by atoms with E-state index >= 15 is 0 Å². The zero-order valence-electron chi connectivity index (χ0n) is 15.2. The molecule has 2 aromatic heterocycles. The lowest BCUT2D eigenvalue weighted by Crippen LogP contribution is -2.41. The van der Waals surface area contributed by atoms with Gasteiger partial charge in [-0.3, -0.25) is 0 Å². The highest BCUT2D eigenvalue weighted by molar-refractivity contribution is 7.09. The van der Waals surface area contributed by atoms with Gasteiger partial charge in [-0.25, -0.2) is 4.98 Å². The Bertz CT molecular complexity index is 769. The molecule has 0 aliphatic heterocycles. The SMILES string of the molecule is CC1(C)C[C@H](Nc2nc(NCCc3cccs3)ncc2C#N)CC[C@@H]1O. The monoisotopic (exact) mass is 371 g/mol. The molecule has 0 aromatic carbocycles. The lowest BCUT2D eigenvalue weighted by Gasteiger charge is -2.40. The second-order valence-electron chi connectivity index (χ2n) is 7.45. The standard InChI is InChI=1S/C19H25N5OS/c1-19(2)10-14(5-6-16(19)25)23-17-13(11-20)12-22-18(24-17)21-8-7-15-4-3-9-26-15/h3-4,9,12,14,16,25H,5-8,10H2,1-2H3,(H2,21,22,23,24)/t14-,16+/m1/s1. The molecule has 1 aliphatic carbocycles. The second-order valence-corrected chi connectivity index (χ2v) is 8.48. The van der Waals surface area contributed by atoms with Crippen molar-refractivity contribution in [1.82, 2.24) is 9.97 Å². The molecule has 6 nitrogen and oxygen atoms in total. The largest absolute Gasteiger partial charge is 0.393 e. The molecule has 1 fully saturated rings. The van der Waals surface area contributed by atoms with E-state index in [2.05, 4.69) is 52.0 Å². The molecule has 7 heteroatoms. The molecule has 0 spiro atoms. The first kappa shape index (κ1) is 18.6. The van der Waals surface area contributed by atoms with Crippen LogP contribution in [0.15, 0.2) is 23.7 Å². The summed E-state index contributed by atoms with van der Waals surface area (Å²) in [5, 5.41) is 28.2. The molecular weight excluding hydrogens is 346 g/mol. The van der Waals surface area contributed by atoms with Crippen molar-refractivity contribution < 1.29 is 5.11 Å². The van der Waals surface area contributed by atoms with E-state index < -0.39 is 0 Å². The van der Waals surface area contributed by atoms with Crippen molar-refractivity contribution in [2.45, 2.75) is 51.7 Å². The number of aliphatic hydroxyl groups is 1. The number of thiophene rings is 1. The van der Waals surface area contributed by atoms with E-state index in [0.717, 1.165) is 32.2 Å². The van der Waals surface area contributed by atoms with E-state index in [1.165, 1.54) is 4.88 Å². The fourth-order valence-corrected chi connectivity index (χ4v) is 4.06. The second kappa shape index (κ2) is 8.02. The van der Waals surface area contributed by atoms with Gasteiger partial charge in [0.25, 0.3) is 0 Å². The number of aliphatic hydroxyl groups excluding tert-OH is 1. The molecule has 3 N–H and O–H groups in total. The van der Waals surface area contributed by atoms with Crippen LogP contribution in [-0.2, 0) is 6.42 Å². The molecule has 0 radical (unpaired) electrons. The maximum atomic E-state index is 10.1.